The maximum absolute atomic E-state index is 11.8. The van der Waals surface area contributed by atoms with Crippen LogP contribution in [0.15, 0.2) is 18.2 Å². The third kappa shape index (κ3) is 6.28. The molecule has 6 nitrogen and oxygen atoms in total. The van der Waals surface area contributed by atoms with Gasteiger partial charge in [0, 0.05) is 26.2 Å². The lowest BCUT2D eigenvalue weighted by Gasteiger charge is -2.33. The van der Waals surface area contributed by atoms with Crippen LogP contribution in [0.5, 0.6) is 0 Å². The number of hydrogen-bond donors (Lipinski definition) is 3. The monoisotopic (exact) mass is 399 g/mol. The minimum atomic E-state index is -4.56. The van der Waals surface area contributed by atoms with E-state index in [1.165, 1.54) is 0 Å². The Balaban J connectivity index is 2.53. The van der Waals surface area contributed by atoms with Crippen molar-refractivity contribution < 1.29 is 23.8 Å². The molecule has 1 rings (SSSR count). The number of halogens is 2. The van der Waals surface area contributed by atoms with E-state index in [2.05, 4.69) is 5.32 Å². The summed E-state index contributed by atoms with van der Waals surface area (Å²) in [6.45, 7) is 4.77. The number of ether oxygens (including phenoxy) is 2. The van der Waals surface area contributed by atoms with E-state index in [1.807, 2.05) is 6.07 Å². The van der Waals surface area contributed by atoms with E-state index >= 15 is 0 Å². The van der Waals surface area contributed by atoms with Crippen LogP contribution in [0.3, 0.4) is 0 Å². The van der Waals surface area contributed by atoms with E-state index in [0.29, 0.717) is 29.6 Å². The summed E-state index contributed by atoms with van der Waals surface area (Å²) in [5.74, 6) is 0. The Kier molecular flexibility index (Phi) is 9.20. The molecule has 1 aromatic rings. The molecule has 0 atom stereocenters. The standard InChI is InChI=1S/C15H24Cl2NO5P/c1-3-22-15(23-4-2,24(19,20)21)8-5-9-18-11-12-6-7-13(16)14(17)10-12/h6-7,10,18H,3-5,8-9,11H2,1-2H3,(H2,19,20,21). The van der Waals surface area contributed by atoms with E-state index in [9.17, 15) is 14.4 Å². The molecule has 0 amide bonds. The topological polar surface area (TPSA) is 88.0 Å². The Labute approximate surface area is 152 Å². The maximum atomic E-state index is 11.8. The molecular formula is C15H24Cl2NO5P. The van der Waals surface area contributed by atoms with Crippen molar-refractivity contribution in [2.45, 2.75) is 38.8 Å². The lowest BCUT2D eigenvalue weighted by atomic mass is 10.2. The summed E-state index contributed by atoms with van der Waals surface area (Å²) in [4.78, 5) is 19.2. The largest absolute Gasteiger partial charge is 0.384 e. The van der Waals surface area contributed by atoms with Gasteiger partial charge in [-0.05, 0) is 44.5 Å². The first-order chi connectivity index (χ1) is 11.3. The number of benzene rings is 1. The van der Waals surface area contributed by atoms with Gasteiger partial charge in [-0.25, -0.2) is 0 Å². The smallest absolute Gasteiger partial charge is 0.340 e. The summed E-state index contributed by atoms with van der Waals surface area (Å²) in [7, 11) is -4.56. The highest BCUT2D eigenvalue weighted by molar-refractivity contribution is 7.53. The van der Waals surface area contributed by atoms with E-state index < -0.39 is 13.1 Å². The molecule has 0 heterocycles. The maximum Gasteiger partial charge on any atom is 0.384 e. The van der Waals surface area contributed by atoms with Crippen LogP contribution in [0.1, 0.15) is 32.3 Å². The van der Waals surface area contributed by atoms with Gasteiger partial charge in [0.05, 0.1) is 10.0 Å². The summed E-state index contributed by atoms with van der Waals surface area (Å²) in [6, 6.07) is 5.36. The Morgan fingerprint density at radius 1 is 1.17 bits per heavy atom. The van der Waals surface area contributed by atoms with Crippen LogP contribution in [0.2, 0.25) is 10.0 Å². The van der Waals surface area contributed by atoms with Gasteiger partial charge in [-0.3, -0.25) is 4.57 Å². The Hall–Kier alpha value is -0.170. The summed E-state index contributed by atoms with van der Waals surface area (Å²) in [5.41, 5.74) is -0.901. The van der Waals surface area contributed by atoms with Gasteiger partial charge in [-0.1, -0.05) is 29.3 Å². The molecule has 0 saturated heterocycles. The summed E-state index contributed by atoms with van der Waals surface area (Å²) >= 11 is 11.8. The van der Waals surface area contributed by atoms with Crippen LogP contribution in [-0.4, -0.2) is 35.1 Å². The minimum Gasteiger partial charge on any atom is -0.340 e. The van der Waals surface area contributed by atoms with Crippen molar-refractivity contribution in [1.29, 1.82) is 0 Å². The number of nitrogens with one attached hydrogen (secondary N) is 1. The van der Waals surface area contributed by atoms with E-state index in [1.54, 1.807) is 26.0 Å². The number of rotatable bonds is 11. The van der Waals surface area contributed by atoms with Crippen LogP contribution in [0, 0.1) is 0 Å². The number of hydrogen-bond acceptors (Lipinski definition) is 4. The van der Waals surface area contributed by atoms with Crippen molar-refractivity contribution in [2.24, 2.45) is 0 Å². The average Bonchev–Trinajstić information content (AvgIpc) is 2.49. The van der Waals surface area contributed by atoms with Crippen LogP contribution in [0.4, 0.5) is 0 Å². The molecule has 0 aromatic heterocycles. The minimum absolute atomic E-state index is 0.0906. The highest BCUT2D eigenvalue weighted by Gasteiger charge is 2.48. The van der Waals surface area contributed by atoms with Crippen molar-refractivity contribution in [3.8, 4) is 0 Å². The second-order valence-electron chi connectivity index (χ2n) is 5.15. The van der Waals surface area contributed by atoms with E-state index in [0.717, 1.165) is 5.56 Å². The zero-order valence-electron chi connectivity index (χ0n) is 13.8. The highest BCUT2D eigenvalue weighted by Crippen LogP contribution is 2.54. The Morgan fingerprint density at radius 3 is 2.29 bits per heavy atom. The van der Waals surface area contributed by atoms with Crippen LogP contribution in [0.25, 0.3) is 0 Å². The summed E-state index contributed by atoms with van der Waals surface area (Å²) < 4.78 is 22.4. The van der Waals surface area contributed by atoms with Gasteiger partial charge in [0.25, 0.3) is 5.53 Å². The van der Waals surface area contributed by atoms with Gasteiger partial charge in [0.2, 0.25) is 0 Å². The third-order valence-corrected chi connectivity index (χ3v) is 5.45. The first-order valence-electron chi connectivity index (χ1n) is 7.74. The lowest BCUT2D eigenvalue weighted by molar-refractivity contribution is -0.189. The van der Waals surface area contributed by atoms with Gasteiger partial charge in [0.15, 0.2) is 0 Å². The first kappa shape index (κ1) is 21.9. The summed E-state index contributed by atoms with van der Waals surface area (Å²) in [6.07, 6.45) is 0.569. The van der Waals surface area contributed by atoms with Gasteiger partial charge in [0.1, 0.15) is 0 Å². The molecule has 0 aliphatic heterocycles. The van der Waals surface area contributed by atoms with Gasteiger partial charge >= 0.3 is 7.60 Å². The predicted molar refractivity (Wildman–Crippen MR) is 95.4 cm³/mol. The summed E-state index contributed by atoms with van der Waals surface area (Å²) in [5, 5.41) is 4.18. The Morgan fingerprint density at radius 2 is 1.79 bits per heavy atom. The third-order valence-electron chi connectivity index (χ3n) is 3.34. The SMILES string of the molecule is CCOC(CCCNCc1ccc(Cl)c(Cl)c1)(OCC)P(=O)(O)O. The molecule has 138 valence electrons. The molecule has 1 aromatic carbocycles. The van der Waals surface area contributed by atoms with Gasteiger partial charge in [-0.2, -0.15) is 0 Å². The molecule has 0 fully saturated rings. The normalized spacial score (nSPS) is 12.6. The molecule has 3 N–H and O–H groups in total. The van der Waals surface area contributed by atoms with Crippen molar-refractivity contribution in [3.05, 3.63) is 33.8 Å². The van der Waals surface area contributed by atoms with Crippen LogP contribution < -0.4 is 5.32 Å². The molecule has 0 aliphatic rings. The quantitative estimate of drug-likeness (QED) is 0.298. The molecular weight excluding hydrogens is 376 g/mol. The molecule has 0 unspecified atom stereocenters. The van der Waals surface area contributed by atoms with E-state index in [-0.39, 0.29) is 19.6 Å². The fraction of sp³-hybridized carbons (Fsp3) is 0.600. The second kappa shape index (κ2) is 10.1. The van der Waals surface area contributed by atoms with Gasteiger partial charge in [-0.15, -0.1) is 0 Å². The zero-order valence-corrected chi connectivity index (χ0v) is 16.2. The molecule has 9 heteroatoms. The predicted octanol–water partition coefficient (Wildman–Crippen LogP) is 3.77. The second-order valence-corrected chi connectivity index (χ2v) is 7.74. The van der Waals surface area contributed by atoms with Crippen molar-refractivity contribution >= 4 is 30.8 Å². The van der Waals surface area contributed by atoms with Crippen molar-refractivity contribution in [2.75, 3.05) is 19.8 Å². The molecule has 0 spiro atoms. The fourth-order valence-electron chi connectivity index (χ4n) is 2.27. The van der Waals surface area contributed by atoms with Crippen LogP contribution >= 0.6 is 30.8 Å². The molecule has 24 heavy (non-hydrogen) atoms. The van der Waals surface area contributed by atoms with Crippen molar-refractivity contribution in [3.63, 3.8) is 0 Å². The highest BCUT2D eigenvalue weighted by atomic mass is 35.5. The molecule has 0 aliphatic carbocycles. The molecule has 0 saturated carbocycles. The first-order valence-corrected chi connectivity index (χ1v) is 10.1. The fourth-order valence-corrected chi connectivity index (χ4v) is 3.63. The zero-order chi connectivity index (χ0) is 18.2. The molecule has 0 radical (unpaired) electrons. The lowest BCUT2D eigenvalue weighted by Crippen LogP contribution is -2.37. The van der Waals surface area contributed by atoms with Gasteiger partial charge < -0.3 is 24.6 Å². The molecule has 0 bridgehead atoms. The Bertz CT molecular complexity index is 561. The van der Waals surface area contributed by atoms with Crippen LogP contribution in [-0.2, 0) is 20.6 Å². The van der Waals surface area contributed by atoms with E-state index in [4.69, 9.17) is 32.7 Å². The average molecular weight is 400 g/mol. The van der Waals surface area contributed by atoms with Crippen molar-refractivity contribution in [1.82, 2.24) is 5.32 Å².